The molecule has 0 heterocycles. The van der Waals surface area contributed by atoms with Crippen molar-refractivity contribution in [2.45, 2.75) is 51.5 Å². The highest BCUT2D eigenvalue weighted by atomic mass is 127. The van der Waals surface area contributed by atoms with Crippen LogP contribution in [0.5, 0.6) is 0 Å². The van der Waals surface area contributed by atoms with Crippen LogP contribution >= 0.6 is 24.0 Å². The van der Waals surface area contributed by atoms with Crippen molar-refractivity contribution in [1.82, 2.24) is 15.4 Å². The molecule has 1 rings (SSSR count). The zero-order valence-corrected chi connectivity index (χ0v) is 19.4. The Labute approximate surface area is 175 Å². The van der Waals surface area contributed by atoms with Crippen LogP contribution < -0.4 is 15.4 Å². The zero-order chi connectivity index (χ0) is 18.7. The Bertz CT molecular complexity index is 631. The molecule has 0 aliphatic heterocycles. The second-order valence-corrected chi connectivity index (χ2v) is 8.25. The molecule has 0 aromatic heterocycles. The highest BCUT2D eigenvalue weighted by Gasteiger charge is 2.10. The summed E-state index contributed by atoms with van der Waals surface area (Å²) >= 11 is 0. The summed E-state index contributed by atoms with van der Waals surface area (Å²) in [5.41, 5.74) is 0.965. The number of guanidine groups is 1. The fourth-order valence-electron chi connectivity index (χ4n) is 2.29. The van der Waals surface area contributed by atoms with Gasteiger partial charge in [-0.15, -0.1) is 24.0 Å². The standard InChI is InChI=1S/C18H32N4O2S.HI/c1-5-20-18(21-13-7-6-8-15(2)3)22-14-16-9-11-17(12-10-16)25(23,24)19-4;/h9-12,15,19H,5-8,13-14H2,1-4H3,(H2,20,21,22);1H. The van der Waals surface area contributed by atoms with Gasteiger partial charge in [0.2, 0.25) is 10.0 Å². The van der Waals surface area contributed by atoms with Crippen LogP contribution in [0.15, 0.2) is 34.2 Å². The summed E-state index contributed by atoms with van der Waals surface area (Å²) in [6, 6.07) is 6.78. The molecule has 0 atom stereocenters. The first kappa shape index (κ1) is 25.1. The SMILES string of the molecule is CCNC(=NCc1ccc(S(=O)(=O)NC)cc1)NCCCCC(C)C.I. The molecule has 1 aromatic carbocycles. The Balaban J connectivity index is 0.00000625. The number of aliphatic imine (C=N–C) groups is 1. The van der Waals surface area contributed by atoms with E-state index in [0.717, 1.165) is 37.0 Å². The zero-order valence-electron chi connectivity index (χ0n) is 16.2. The summed E-state index contributed by atoms with van der Waals surface area (Å²) in [5, 5.41) is 6.57. The summed E-state index contributed by atoms with van der Waals surface area (Å²) in [5.74, 6) is 1.54. The average Bonchev–Trinajstić information content (AvgIpc) is 2.59. The van der Waals surface area contributed by atoms with E-state index < -0.39 is 10.0 Å². The lowest BCUT2D eigenvalue weighted by Crippen LogP contribution is -2.37. The maximum atomic E-state index is 11.7. The highest BCUT2D eigenvalue weighted by Crippen LogP contribution is 2.11. The van der Waals surface area contributed by atoms with E-state index in [1.807, 2.05) is 6.92 Å². The van der Waals surface area contributed by atoms with Crippen LogP contribution in [0.25, 0.3) is 0 Å². The van der Waals surface area contributed by atoms with Crippen LogP contribution in [0.4, 0.5) is 0 Å². The van der Waals surface area contributed by atoms with E-state index in [4.69, 9.17) is 0 Å². The molecule has 150 valence electrons. The lowest BCUT2D eigenvalue weighted by Gasteiger charge is -2.12. The molecule has 0 spiro atoms. The van der Waals surface area contributed by atoms with Crippen molar-refractivity contribution in [3.63, 3.8) is 0 Å². The third-order valence-corrected chi connectivity index (χ3v) is 5.20. The van der Waals surface area contributed by atoms with Gasteiger partial charge in [-0.3, -0.25) is 0 Å². The summed E-state index contributed by atoms with van der Waals surface area (Å²) in [7, 11) is -1.98. The molecule has 0 unspecified atom stereocenters. The van der Waals surface area contributed by atoms with E-state index in [1.54, 1.807) is 24.3 Å². The van der Waals surface area contributed by atoms with E-state index in [9.17, 15) is 8.42 Å². The largest absolute Gasteiger partial charge is 0.357 e. The predicted molar refractivity (Wildman–Crippen MR) is 120 cm³/mol. The maximum absolute atomic E-state index is 11.7. The Hall–Kier alpha value is -0.870. The van der Waals surface area contributed by atoms with Crippen LogP contribution in [-0.2, 0) is 16.6 Å². The van der Waals surface area contributed by atoms with Gasteiger partial charge in [-0.05, 0) is 44.0 Å². The first-order valence-electron chi connectivity index (χ1n) is 8.93. The number of unbranched alkanes of at least 4 members (excludes halogenated alkanes) is 1. The molecule has 1 aromatic rings. The topological polar surface area (TPSA) is 82.6 Å². The molecule has 0 aliphatic rings. The minimum absolute atomic E-state index is 0. The smallest absolute Gasteiger partial charge is 0.240 e. The normalized spacial score (nSPS) is 12.0. The van der Waals surface area contributed by atoms with Gasteiger partial charge in [0.25, 0.3) is 0 Å². The summed E-state index contributed by atoms with van der Waals surface area (Å²) < 4.78 is 25.7. The van der Waals surface area contributed by atoms with Gasteiger partial charge in [0.15, 0.2) is 5.96 Å². The molecule has 3 N–H and O–H groups in total. The monoisotopic (exact) mass is 496 g/mol. The van der Waals surface area contributed by atoms with Gasteiger partial charge in [-0.1, -0.05) is 38.8 Å². The molecule has 0 amide bonds. The van der Waals surface area contributed by atoms with E-state index >= 15 is 0 Å². The molecule has 26 heavy (non-hydrogen) atoms. The number of hydrogen-bond donors (Lipinski definition) is 3. The van der Waals surface area contributed by atoms with E-state index in [1.165, 1.54) is 19.9 Å². The minimum Gasteiger partial charge on any atom is -0.357 e. The fourth-order valence-corrected chi connectivity index (χ4v) is 3.02. The second-order valence-electron chi connectivity index (χ2n) is 6.36. The van der Waals surface area contributed by atoms with Crippen molar-refractivity contribution in [3.05, 3.63) is 29.8 Å². The molecule has 6 nitrogen and oxygen atoms in total. The van der Waals surface area contributed by atoms with Crippen LogP contribution in [0.3, 0.4) is 0 Å². The van der Waals surface area contributed by atoms with Gasteiger partial charge in [0.05, 0.1) is 11.4 Å². The number of hydrogen-bond acceptors (Lipinski definition) is 3. The second kappa shape index (κ2) is 13.3. The number of nitrogens with one attached hydrogen (secondary N) is 3. The van der Waals surface area contributed by atoms with Crippen LogP contribution in [0, 0.1) is 5.92 Å². The summed E-state index contributed by atoms with van der Waals surface area (Å²) in [6.07, 6.45) is 3.59. The Morgan fingerprint density at radius 1 is 1.12 bits per heavy atom. The first-order valence-corrected chi connectivity index (χ1v) is 10.4. The van der Waals surface area contributed by atoms with Crippen molar-refractivity contribution in [2.75, 3.05) is 20.1 Å². The van der Waals surface area contributed by atoms with Gasteiger partial charge in [-0.25, -0.2) is 18.1 Å². The predicted octanol–water partition coefficient (Wildman–Crippen LogP) is 3.09. The third-order valence-electron chi connectivity index (χ3n) is 3.77. The van der Waals surface area contributed by atoms with Crippen molar-refractivity contribution in [1.29, 1.82) is 0 Å². The van der Waals surface area contributed by atoms with Gasteiger partial charge < -0.3 is 10.6 Å². The quantitative estimate of drug-likeness (QED) is 0.201. The number of nitrogens with zero attached hydrogens (tertiary/aromatic N) is 1. The number of rotatable bonds is 10. The van der Waals surface area contributed by atoms with Gasteiger partial charge in [0.1, 0.15) is 0 Å². The number of benzene rings is 1. The van der Waals surface area contributed by atoms with Gasteiger partial charge in [-0.2, -0.15) is 0 Å². The molecule has 8 heteroatoms. The molecular weight excluding hydrogens is 463 g/mol. The van der Waals surface area contributed by atoms with Crippen molar-refractivity contribution in [3.8, 4) is 0 Å². The molecule has 0 saturated heterocycles. The van der Waals surface area contributed by atoms with Crippen LogP contribution in [0.1, 0.15) is 45.6 Å². The summed E-state index contributed by atoms with van der Waals surface area (Å²) in [6.45, 7) is 8.72. The lowest BCUT2D eigenvalue weighted by atomic mass is 10.1. The van der Waals surface area contributed by atoms with Crippen LogP contribution in [0.2, 0.25) is 0 Å². The molecule has 0 saturated carbocycles. The Kier molecular flexibility index (Phi) is 12.9. The van der Waals surface area contributed by atoms with Crippen molar-refractivity contribution < 1.29 is 8.42 Å². The molecule has 0 aliphatic carbocycles. The molecular formula is C18H33IN4O2S. The molecule has 0 radical (unpaired) electrons. The van der Waals surface area contributed by atoms with Crippen molar-refractivity contribution >= 4 is 40.0 Å². The molecule has 0 bridgehead atoms. The molecule has 0 fully saturated rings. The van der Waals surface area contributed by atoms with Gasteiger partial charge >= 0.3 is 0 Å². The van der Waals surface area contributed by atoms with Crippen molar-refractivity contribution in [2.24, 2.45) is 10.9 Å². The maximum Gasteiger partial charge on any atom is 0.240 e. The minimum atomic E-state index is -3.39. The van der Waals surface area contributed by atoms with Gasteiger partial charge in [0, 0.05) is 13.1 Å². The summed E-state index contributed by atoms with van der Waals surface area (Å²) in [4.78, 5) is 4.82. The number of halogens is 1. The highest BCUT2D eigenvalue weighted by molar-refractivity contribution is 14.0. The Morgan fingerprint density at radius 2 is 1.77 bits per heavy atom. The van der Waals surface area contributed by atoms with Crippen LogP contribution in [-0.4, -0.2) is 34.5 Å². The number of sulfonamides is 1. The third kappa shape index (κ3) is 9.72. The average molecular weight is 496 g/mol. The Morgan fingerprint density at radius 3 is 2.31 bits per heavy atom. The lowest BCUT2D eigenvalue weighted by molar-refractivity contribution is 0.534. The van der Waals surface area contributed by atoms with E-state index in [-0.39, 0.29) is 28.9 Å². The van der Waals surface area contributed by atoms with E-state index in [0.29, 0.717) is 6.54 Å². The van der Waals surface area contributed by atoms with E-state index in [2.05, 4.69) is 34.2 Å². The fraction of sp³-hybridized carbons (Fsp3) is 0.611. The first-order chi connectivity index (χ1) is 11.9.